The Morgan fingerprint density at radius 2 is 2.31 bits per heavy atom. The fraction of sp³-hybridized carbons (Fsp3) is 0.222. The van der Waals surface area contributed by atoms with Crippen molar-refractivity contribution in [2.75, 3.05) is 0 Å². The highest BCUT2D eigenvalue weighted by molar-refractivity contribution is 7.19. The summed E-state index contributed by atoms with van der Waals surface area (Å²) in [6, 6.07) is 5.83. The number of nitrogens with two attached hydrogens (primary N) is 1. The first-order chi connectivity index (χ1) is 6.16. The third-order valence-electron chi connectivity index (χ3n) is 1.81. The Labute approximate surface area is 85.3 Å². The van der Waals surface area contributed by atoms with E-state index in [1.165, 1.54) is 0 Å². The molecular weight excluding hydrogens is 204 g/mol. The fourth-order valence-corrected chi connectivity index (χ4v) is 2.25. The molecule has 0 aromatic carbocycles. The number of nitrogens with zero attached hydrogens (tertiary/aromatic N) is 1. The van der Waals surface area contributed by atoms with E-state index in [2.05, 4.69) is 4.98 Å². The summed E-state index contributed by atoms with van der Waals surface area (Å²) in [4.78, 5) is 5.34. The van der Waals surface area contributed by atoms with Crippen molar-refractivity contribution in [3.05, 3.63) is 28.2 Å². The molecular formula is C9H9ClN2S. The van der Waals surface area contributed by atoms with Gasteiger partial charge < -0.3 is 5.73 Å². The molecule has 0 spiro atoms. The molecule has 1 atom stereocenters. The highest BCUT2D eigenvalue weighted by atomic mass is 35.5. The number of pyridine rings is 1. The molecule has 0 aliphatic heterocycles. The first kappa shape index (κ1) is 8.94. The third kappa shape index (κ3) is 1.68. The maximum atomic E-state index is 5.77. The van der Waals surface area contributed by atoms with Gasteiger partial charge in [0.2, 0.25) is 0 Å². The summed E-state index contributed by atoms with van der Waals surface area (Å²) in [7, 11) is 0. The van der Waals surface area contributed by atoms with Crippen LogP contribution >= 0.6 is 22.9 Å². The van der Waals surface area contributed by atoms with Gasteiger partial charge in [0.1, 0.15) is 5.15 Å². The molecule has 2 nitrogen and oxygen atoms in total. The lowest BCUT2D eigenvalue weighted by molar-refractivity contribution is 0.839. The molecule has 4 heteroatoms. The van der Waals surface area contributed by atoms with Gasteiger partial charge in [0.05, 0.1) is 10.2 Å². The van der Waals surface area contributed by atoms with E-state index in [4.69, 9.17) is 17.3 Å². The summed E-state index contributed by atoms with van der Waals surface area (Å²) in [6.07, 6.45) is 0. The van der Waals surface area contributed by atoms with Crippen molar-refractivity contribution in [2.24, 2.45) is 5.73 Å². The van der Waals surface area contributed by atoms with E-state index in [0.717, 1.165) is 15.1 Å². The minimum atomic E-state index is 0.0676. The van der Waals surface area contributed by atoms with Crippen LogP contribution in [-0.4, -0.2) is 4.98 Å². The number of thiophene rings is 1. The van der Waals surface area contributed by atoms with Crippen molar-refractivity contribution in [3.8, 4) is 0 Å². The normalized spacial score (nSPS) is 13.5. The SMILES string of the molecule is CC(N)c1cc2nc(Cl)ccc2s1. The first-order valence-electron chi connectivity index (χ1n) is 3.98. The van der Waals surface area contributed by atoms with Crippen molar-refractivity contribution in [1.29, 1.82) is 0 Å². The Bertz CT molecular complexity index is 436. The van der Waals surface area contributed by atoms with Gasteiger partial charge in [-0.05, 0) is 25.1 Å². The lowest BCUT2D eigenvalue weighted by Crippen LogP contribution is -2.01. The van der Waals surface area contributed by atoms with E-state index in [1.807, 2.05) is 19.1 Å². The number of hydrogen-bond acceptors (Lipinski definition) is 3. The predicted octanol–water partition coefficient (Wildman–Crippen LogP) is 2.97. The first-order valence-corrected chi connectivity index (χ1v) is 5.18. The highest BCUT2D eigenvalue weighted by Crippen LogP contribution is 2.28. The maximum Gasteiger partial charge on any atom is 0.129 e. The summed E-state index contributed by atoms with van der Waals surface area (Å²) in [5.74, 6) is 0. The second kappa shape index (κ2) is 3.25. The molecule has 2 aromatic heterocycles. The molecule has 0 aliphatic carbocycles. The lowest BCUT2D eigenvalue weighted by atomic mass is 10.3. The molecule has 68 valence electrons. The van der Waals surface area contributed by atoms with Crippen LogP contribution in [0.25, 0.3) is 10.2 Å². The third-order valence-corrected chi connectivity index (χ3v) is 3.31. The molecule has 2 aromatic rings. The molecule has 1 unspecified atom stereocenters. The second-order valence-corrected chi connectivity index (χ2v) is 4.46. The largest absolute Gasteiger partial charge is 0.324 e. The van der Waals surface area contributed by atoms with Crippen molar-refractivity contribution in [3.63, 3.8) is 0 Å². The van der Waals surface area contributed by atoms with Crippen LogP contribution < -0.4 is 5.73 Å². The van der Waals surface area contributed by atoms with E-state index in [1.54, 1.807) is 17.4 Å². The zero-order valence-corrected chi connectivity index (χ0v) is 8.69. The zero-order valence-electron chi connectivity index (χ0n) is 7.12. The Balaban J connectivity index is 2.62. The van der Waals surface area contributed by atoms with Gasteiger partial charge in [-0.3, -0.25) is 0 Å². The van der Waals surface area contributed by atoms with Gasteiger partial charge in [-0.2, -0.15) is 0 Å². The molecule has 0 saturated carbocycles. The number of hydrogen-bond donors (Lipinski definition) is 1. The smallest absolute Gasteiger partial charge is 0.129 e. The zero-order chi connectivity index (χ0) is 9.42. The predicted molar refractivity (Wildman–Crippen MR) is 57.2 cm³/mol. The van der Waals surface area contributed by atoms with Crippen molar-refractivity contribution < 1.29 is 0 Å². The number of halogens is 1. The summed E-state index contributed by atoms with van der Waals surface area (Å²) >= 11 is 7.44. The fourth-order valence-electron chi connectivity index (χ4n) is 1.14. The Kier molecular flexibility index (Phi) is 2.24. The van der Waals surface area contributed by atoms with E-state index in [0.29, 0.717) is 5.15 Å². The Hall–Kier alpha value is -0.640. The van der Waals surface area contributed by atoms with E-state index >= 15 is 0 Å². The topological polar surface area (TPSA) is 38.9 Å². The van der Waals surface area contributed by atoms with Gasteiger partial charge in [0, 0.05) is 10.9 Å². The molecule has 2 rings (SSSR count). The molecule has 0 radical (unpaired) electrons. The number of fused-ring (bicyclic) bond motifs is 1. The van der Waals surface area contributed by atoms with Gasteiger partial charge in [0.15, 0.2) is 0 Å². The lowest BCUT2D eigenvalue weighted by Gasteiger charge is -1.96. The van der Waals surface area contributed by atoms with E-state index in [9.17, 15) is 0 Å². The van der Waals surface area contributed by atoms with Crippen LogP contribution in [0.1, 0.15) is 17.8 Å². The molecule has 2 N–H and O–H groups in total. The standard InChI is InChI=1S/C9H9ClN2S/c1-5(11)8-4-6-7(13-8)2-3-9(10)12-6/h2-5H,11H2,1H3. The molecule has 0 fully saturated rings. The monoisotopic (exact) mass is 212 g/mol. The van der Waals surface area contributed by atoms with Crippen molar-refractivity contribution in [1.82, 2.24) is 4.98 Å². The van der Waals surface area contributed by atoms with Crippen LogP contribution in [0.5, 0.6) is 0 Å². The Morgan fingerprint density at radius 1 is 1.54 bits per heavy atom. The molecule has 13 heavy (non-hydrogen) atoms. The van der Waals surface area contributed by atoms with Crippen LogP contribution in [0.4, 0.5) is 0 Å². The van der Waals surface area contributed by atoms with Gasteiger partial charge in [-0.25, -0.2) is 4.98 Å². The van der Waals surface area contributed by atoms with Crippen LogP contribution in [0.15, 0.2) is 18.2 Å². The van der Waals surface area contributed by atoms with Gasteiger partial charge in [-0.15, -0.1) is 11.3 Å². The van der Waals surface area contributed by atoms with Crippen LogP contribution in [0.2, 0.25) is 5.15 Å². The van der Waals surface area contributed by atoms with Crippen molar-refractivity contribution >= 4 is 33.2 Å². The van der Waals surface area contributed by atoms with Crippen LogP contribution in [0.3, 0.4) is 0 Å². The maximum absolute atomic E-state index is 5.77. The van der Waals surface area contributed by atoms with Gasteiger partial charge in [0.25, 0.3) is 0 Å². The summed E-state index contributed by atoms with van der Waals surface area (Å²) in [6.45, 7) is 1.96. The summed E-state index contributed by atoms with van der Waals surface area (Å²) in [5, 5.41) is 0.529. The minimum absolute atomic E-state index is 0.0676. The van der Waals surface area contributed by atoms with Gasteiger partial charge in [-0.1, -0.05) is 11.6 Å². The minimum Gasteiger partial charge on any atom is -0.324 e. The summed E-state index contributed by atoms with van der Waals surface area (Å²) in [5.41, 5.74) is 6.70. The van der Waals surface area contributed by atoms with E-state index in [-0.39, 0.29) is 6.04 Å². The molecule has 0 saturated heterocycles. The van der Waals surface area contributed by atoms with Crippen molar-refractivity contribution in [2.45, 2.75) is 13.0 Å². The average Bonchev–Trinajstić information content (AvgIpc) is 2.46. The Morgan fingerprint density at radius 3 is 3.00 bits per heavy atom. The molecule has 2 heterocycles. The second-order valence-electron chi connectivity index (χ2n) is 2.95. The summed E-state index contributed by atoms with van der Waals surface area (Å²) < 4.78 is 1.14. The average molecular weight is 213 g/mol. The quantitative estimate of drug-likeness (QED) is 0.739. The van der Waals surface area contributed by atoms with Gasteiger partial charge >= 0.3 is 0 Å². The van der Waals surface area contributed by atoms with Crippen LogP contribution in [0, 0.1) is 0 Å². The number of rotatable bonds is 1. The molecule has 0 bridgehead atoms. The molecule has 0 aliphatic rings. The van der Waals surface area contributed by atoms with Crippen LogP contribution in [-0.2, 0) is 0 Å². The van der Waals surface area contributed by atoms with E-state index < -0.39 is 0 Å². The number of aromatic nitrogens is 1. The molecule has 0 amide bonds. The highest BCUT2D eigenvalue weighted by Gasteiger charge is 2.06.